The summed E-state index contributed by atoms with van der Waals surface area (Å²) in [5.41, 5.74) is 0. The fourth-order valence-electron chi connectivity index (χ4n) is 2.88. The van der Waals surface area contributed by atoms with Crippen LogP contribution in [0.15, 0.2) is 40.0 Å². The number of sulfonamides is 1. The first kappa shape index (κ1) is 19.7. The van der Waals surface area contributed by atoms with Gasteiger partial charge in [0.05, 0.1) is 11.6 Å². The van der Waals surface area contributed by atoms with Gasteiger partial charge in [-0.2, -0.15) is 9.40 Å². The Balaban J connectivity index is 1.65. The first-order valence-electron chi connectivity index (χ1n) is 8.41. The van der Waals surface area contributed by atoms with E-state index >= 15 is 0 Å². The molecule has 1 aromatic carbocycles. The second-order valence-corrected chi connectivity index (χ2v) is 9.75. The van der Waals surface area contributed by atoms with Crippen molar-refractivity contribution in [3.8, 4) is 0 Å². The van der Waals surface area contributed by atoms with Crippen LogP contribution in [0.25, 0.3) is 0 Å². The third kappa shape index (κ3) is 4.09. The van der Waals surface area contributed by atoms with Gasteiger partial charge in [-0.15, -0.1) is 0 Å². The van der Waals surface area contributed by atoms with Gasteiger partial charge in [0.2, 0.25) is 10.0 Å². The fourth-order valence-corrected chi connectivity index (χ4v) is 5.26. The van der Waals surface area contributed by atoms with Gasteiger partial charge in [0.15, 0.2) is 4.77 Å². The molecule has 1 aliphatic rings. The highest BCUT2D eigenvalue weighted by atomic mass is 79.9. The maximum Gasteiger partial charge on any atom is 0.243 e. The number of aromatic nitrogens is 3. The number of rotatable bonds is 5. The molecule has 142 valence electrons. The molecular weight excluding hydrogens is 438 g/mol. The van der Waals surface area contributed by atoms with Crippen LogP contribution in [0.5, 0.6) is 0 Å². The second-order valence-electron chi connectivity index (χ2n) is 6.53. The minimum Gasteiger partial charge on any atom is -0.304 e. The molecule has 0 aliphatic carbocycles. The van der Waals surface area contributed by atoms with E-state index in [0.717, 1.165) is 4.47 Å². The first-order chi connectivity index (χ1) is 12.3. The van der Waals surface area contributed by atoms with Crippen LogP contribution in [0, 0.1) is 4.77 Å². The third-order valence-electron chi connectivity index (χ3n) is 4.41. The Morgan fingerprint density at radius 1 is 1.23 bits per heavy atom. The van der Waals surface area contributed by atoms with Crippen molar-refractivity contribution in [1.29, 1.82) is 0 Å². The molecule has 0 saturated carbocycles. The Morgan fingerprint density at radius 2 is 1.92 bits per heavy atom. The Labute approximate surface area is 167 Å². The lowest BCUT2D eigenvalue weighted by molar-refractivity contribution is 0.144. The molecule has 0 unspecified atom stereocenters. The summed E-state index contributed by atoms with van der Waals surface area (Å²) in [5.74, 6) is 0. The van der Waals surface area contributed by atoms with Gasteiger partial charge in [-0.25, -0.2) is 13.1 Å². The molecule has 2 heterocycles. The Kier molecular flexibility index (Phi) is 5.97. The van der Waals surface area contributed by atoms with Gasteiger partial charge in [0.25, 0.3) is 0 Å². The zero-order valence-corrected chi connectivity index (χ0v) is 18.0. The quantitative estimate of drug-likeness (QED) is 0.643. The van der Waals surface area contributed by atoms with E-state index in [4.69, 9.17) is 12.2 Å². The van der Waals surface area contributed by atoms with E-state index in [1.165, 1.54) is 4.31 Å². The lowest BCUT2D eigenvalue weighted by atomic mass is 10.4. The molecule has 0 atom stereocenters. The molecule has 1 saturated heterocycles. The zero-order chi connectivity index (χ0) is 18.9. The molecule has 0 amide bonds. The lowest BCUT2D eigenvalue weighted by Gasteiger charge is -2.33. The smallest absolute Gasteiger partial charge is 0.243 e. The van der Waals surface area contributed by atoms with Gasteiger partial charge in [-0.1, -0.05) is 22.0 Å². The minimum atomic E-state index is -3.47. The highest BCUT2D eigenvalue weighted by molar-refractivity contribution is 9.10. The second kappa shape index (κ2) is 7.89. The summed E-state index contributed by atoms with van der Waals surface area (Å²) in [5, 5.41) is 4.35. The van der Waals surface area contributed by atoms with Gasteiger partial charge in [0, 0.05) is 36.7 Å². The number of benzene rings is 1. The zero-order valence-electron chi connectivity index (χ0n) is 14.7. The van der Waals surface area contributed by atoms with Crippen molar-refractivity contribution in [1.82, 2.24) is 23.6 Å². The number of hydrogen-bond acceptors (Lipinski definition) is 5. The summed E-state index contributed by atoms with van der Waals surface area (Å²) in [6.45, 7) is 6.89. The van der Waals surface area contributed by atoms with E-state index in [2.05, 4.69) is 39.8 Å². The number of hydrogen-bond donors (Lipinski definition) is 0. The molecule has 26 heavy (non-hydrogen) atoms. The van der Waals surface area contributed by atoms with Crippen LogP contribution in [0.3, 0.4) is 0 Å². The van der Waals surface area contributed by atoms with Crippen molar-refractivity contribution in [3.63, 3.8) is 0 Å². The molecule has 1 aliphatic heterocycles. The number of piperazine rings is 1. The molecule has 0 N–H and O–H groups in total. The van der Waals surface area contributed by atoms with Gasteiger partial charge >= 0.3 is 0 Å². The average molecular weight is 460 g/mol. The molecule has 7 nitrogen and oxygen atoms in total. The van der Waals surface area contributed by atoms with E-state index in [9.17, 15) is 8.42 Å². The fraction of sp³-hybridized carbons (Fsp3) is 0.500. The predicted molar refractivity (Wildman–Crippen MR) is 106 cm³/mol. The average Bonchev–Trinajstić information content (AvgIpc) is 2.96. The molecule has 0 radical (unpaired) electrons. The largest absolute Gasteiger partial charge is 0.304 e. The van der Waals surface area contributed by atoms with Crippen molar-refractivity contribution >= 4 is 38.2 Å². The summed E-state index contributed by atoms with van der Waals surface area (Å²) < 4.78 is 32.3. The monoisotopic (exact) mass is 459 g/mol. The van der Waals surface area contributed by atoms with Crippen molar-refractivity contribution < 1.29 is 8.42 Å². The van der Waals surface area contributed by atoms with Crippen molar-refractivity contribution in [3.05, 3.63) is 39.8 Å². The van der Waals surface area contributed by atoms with Crippen molar-refractivity contribution in [2.75, 3.05) is 26.2 Å². The summed E-state index contributed by atoms with van der Waals surface area (Å²) in [6, 6.07) is 7.09. The molecule has 2 aromatic rings. The molecule has 10 heteroatoms. The topological polar surface area (TPSA) is 63.4 Å². The van der Waals surface area contributed by atoms with Gasteiger partial charge in [-0.05, 0) is 44.3 Å². The van der Waals surface area contributed by atoms with Crippen LogP contribution in [0.4, 0.5) is 0 Å². The Hall–Kier alpha value is -1.07. The highest BCUT2D eigenvalue weighted by Crippen LogP contribution is 2.21. The number of nitrogens with zero attached hydrogens (tertiary/aromatic N) is 5. The Bertz CT molecular complexity index is 930. The van der Waals surface area contributed by atoms with Crippen LogP contribution >= 0.6 is 28.1 Å². The van der Waals surface area contributed by atoms with E-state index < -0.39 is 10.0 Å². The molecule has 3 rings (SSSR count). The first-order valence-corrected chi connectivity index (χ1v) is 11.0. The van der Waals surface area contributed by atoms with Crippen LogP contribution in [0.1, 0.15) is 19.9 Å². The van der Waals surface area contributed by atoms with E-state index in [1.54, 1.807) is 29.2 Å². The van der Waals surface area contributed by atoms with E-state index in [-0.39, 0.29) is 6.04 Å². The van der Waals surface area contributed by atoms with Crippen LogP contribution in [-0.4, -0.2) is 58.1 Å². The van der Waals surface area contributed by atoms with Gasteiger partial charge < -0.3 is 4.57 Å². The van der Waals surface area contributed by atoms with E-state index in [1.807, 2.05) is 10.6 Å². The SMILES string of the molecule is CC(C)n1cnn(CN2CCN(S(=O)(=O)c3cccc(Br)c3)CC2)c1=S. The summed E-state index contributed by atoms with van der Waals surface area (Å²) in [7, 11) is -3.47. The van der Waals surface area contributed by atoms with Crippen molar-refractivity contribution in [2.45, 2.75) is 31.5 Å². The molecular formula is C16H22BrN5O2S2. The summed E-state index contributed by atoms with van der Waals surface area (Å²) in [4.78, 5) is 2.48. The molecule has 0 bridgehead atoms. The van der Waals surface area contributed by atoms with Crippen LogP contribution < -0.4 is 0 Å². The highest BCUT2D eigenvalue weighted by Gasteiger charge is 2.28. The maximum atomic E-state index is 12.8. The van der Waals surface area contributed by atoms with Gasteiger partial charge in [0.1, 0.15) is 6.33 Å². The normalized spacial score (nSPS) is 17.1. The summed E-state index contributed by atoms with van der Waals surface area (Å²) in [6.07, 6.45) is 1.75. The van der Waals surface area contributed by atoms with Crippen molar-refractivity contribution in [2.24, 2.45) is 0 Å². The molecule has 0 spiro atoms. The molecule has 1 aromatic heterocycles. The molecule has 1 fully saturated rings. The predicted octanol–water partition coefficient (Wildman–Crippen LogP) is 2.72. The van der Waals surface area contributed by atoms with Gasteiger partial charge in [-0.3, -0.25) is 4.90 Å². The van der Waals surface area contributed by atoms with Crippen LogP contribution in [-0.2, 0) is 16.7 Å². The number of halogens is 1. The Morgan fingerprint density at radius 3 is 2.50 bits per heavy atom. The summed E-state index contributed by atoms with van der Waals surface area (Å²) >= 11 is 8.79. The van der Waals surface area contributed by atoms with Crippen LogP contribution in [0.2, 0.25) is 0 Å². The standard InChI is InChI=1S/C16H22BrN5O2S2/c1-13(2)21-11-18-22(16(21)25)12-19-6-8-20(9-7-19)26(23,24)15-5-3-4-14(17)10-15/h3-5,10-11,13H,6-9,12H2,1-2H3. The third-order valence-corrected chi connectivity index (χ3v) is 7.22. The lowest BCUT2D eigenvalue weighted by Crippen LogP contribution is -2.48. The minimum absolute atomic E-state index is 0.267. The maximum absolute atomic E-state index is 12.8. The van der Waals surface area contributed by atoms with E-state index in [0.29, 0.717) is 42.5 Å².